The van der Waals surface area contributed by atoms with Crippen LogP contribution in [0.15, 0.2) is 51.6 Å². The molecule has 2 amide bonds. The molecule has 0 spiro atoms. The fraction of sp³-hybridized carbons (Fsp3) is 0.500. The molecule has 0 N–H and O–H groups in total. The van der Waals surface area contributed by atoms with Crippen molar-refractivity contribution >= 4 is 34.7 Å². The van der Waals surface area contributed by atoms with Crippen molar-refractivity contribution in [2.24, 2.45) is 10.9 Å². The zero-order chi connectivity index (χ0) is 27.4. The number of nitrogens with zero attached hydrogens (tertiary/aromatic N) is 4. The van der Waals surface area contributed by atoms with E-state index in [1.165, 1.54) is 23.9 Å². The van der Waals surface area contributed by atoms with E-state index in [0.717, 1.165) is 11.3 Å². The highest BCUT2D eigenvalue weighted by Gasteiger charge is 2.42. The lowest BCUT2D eigenvalue weighted by molar-refractivity contribution is -0.151. The molecule has 1 aromatic carbocycles. The molecule has 0 saturated carbocycles. The number of carbonyl (C=O) groups excluding carboxylic acids is 3. The van der Waals surface area contributed by atoms with E-state index in [4.69, 9.17) is 9.73 Å². The zero-order valence-electron chi connectivity index (χ0n) is 22.4. The number of hydrogen-bond donors (Lipinski definition) is 0. The van der Waals surface area contributed by atoms with Crippen LogP contribution in [0.2, 0.25) is 0 Å². The van der Waals surface area contributed by atoms with Crippen LogP contribution in [0.25, 0.3) is 0 Å². The van der Waals surface area contributed by atoms with Crippen molar-refractivity contribution in [2.45, 2.75) is 53.0 Å². The van der Waals surface area contributed by atoms with Crippen molar-refractivity contribution in [2.75, 3.05) is 32.8 Å². The summed E-state index contributed by atoms with van der Waals surface area (Å²) in [7, 11) is 0. The molecular formula is C28H35FN4O4S. The molecule has 3 aliphatic heterocycles. The van der Waals surface area contributed by atoms with Crippen molar-refractivity contribution < 1.29 is 23.5 Å². The van der Waals surface area contributed by atoms with E-state index < -0.39 is 6.04 Å². The van der Waals surface area contributed by atoms with Gasteiger partial charge in [0.25, 0.3) is 5.91 Å². The first-order valence-corrected chi connectivity index (χ1v) is 14.1. The van der Waals surface area contributed by atoms with Crippen LogP contribution in [0.1, 0.15) is 58.6 Å². The number of aliphatic imine (C=N–C) groups is 1. The molecule has 1 atom stereocenters. The first-order valence-electron chi connectivity index (χ1n) is 13.2. The molecule has 1 fully saturated rings. The fourth-order valence-electron chi connectivity index (χ4n) is 5.18. The van der Waals surface area contributed by atoms with Crippen molar-refractivity contribution in [1.82, 2.24) is 14.7 Å². The molecule has 0 aromatic heterocycles. The number of amidine groups is 1. The zero-order valence-corrected chi connectivity index (χ0v) is 23.2. The average molecular weight is 543 g/mol. The van der Waals surface area contributed by atoms with Gasteiger partial charge in [0.05, 0.1) is 36.3 Å². The van der Waals surface area contributed by atoms with E-state index in [9.17, 15) is 18.8 Å². The van der Waals surface area contributed by atoms with Gasteiger partial charge in [0.1, 0.15) is 5.82 Å². The summed E-state index contributed by atoms with van der Waals surface area (Å²) in [5, 5.41) is 2.60. The second-order valence-electron chi connectivity index (χ2n) is 9.51. The molecule has 0 radical (unpaired) electrons. The van der Waals surface area contributed by atoms with Crippen LogP contribution < -0.4 is 0 Å². The third-order valence-electron chi connectivity index (χ3n) is 7.27. The predicted octanol–water partition coefficient (Wildman–Crippen LogP) is 4.46. The molecule has 10 heteroatoms. The quantitative estimate of drug-likeness (QED) is 0.451. The highest BCUT2D eigenvalue weighted by Crippen LogP contribution is 2.45. The number of halogens is 1. The minimum atomic E-state index is -0.528. The van der Waals surface area contributed by atoms with Gasteiger partial charge in [0, 0.05) is 31.9 Å². The maximum atomic E-state index is 13.8. The smallest absolute Gasteiger partial charge is 0.309 e. The molecule has 38 heavy (non-hydrogen) atoms. The molecule has 4 rings (SSSR count). The number of amides is 2. The van der Waals surface area contributed by atoms with Crippen LogP contribution in [-0.2, 0) is 19.1 Å². The maximum absolute atomic E-state index is 13.8. The number of thioether (sulfide) groups is 1. The summed E-state index contributed by atoms with van der Waals surface area (Å²) in [5.74, 6) is -0.887. The van der Waals surface area contributed by atoms with E-state index in [-0.39, 0.29) is 35.9 Å². The Balaban J connectivity index is 1.58. The van der Waals surface area contributed by atoms with E-state index in [2.05, 4.69) is 0 Å². The summed E-state index contributed by atoms with van der Waals surface area (Å²) in [6, 6.07) is 5.63. The van der Waals surface area contributed by atoms with Crippen molar-refractivity contribution in [3.8, 4) is 0 Å². The first kappa shape index (κ1) is 27.9. The summed E-state index contributed by atoms with van der Waals surface area (Å²) in [4.78, 5) is 49.4. The number of benzene rings is 1. The Bertz CT molecular complexity index is 1170. The number of allylic oxidation sites excluding steroid dienone is 1. The Labute approximate surface area is 227 Å². The van der Waals surface area contributed by atoms with Gasteiger partial charge in [-0.2, -0.15) is 0 Å². The topological polar surface area (TPSA) is 82.5 Å². The number of rotatable bonds is 8. The van der Waals surface area contributed by atoms with Crippen molar-refractivity contribution in [3.05, 3.63) is 58.0 Å². The summed E-state index contributed by atoms with van der Waals surface area (Å²) < 4.78 is 19.0. The summed E-state index contributed by atoms with van der Waals surface area (Å²) in [6.07, 6.45) is 1.30. The summed E-state index contributed by atoms with van der Waals surface area (Å²) >= 11 is 1.42. The van der Waals surface area contributed by atoms with Gasteiger partial charge in [0.15, 0.2) is 5.17 Å². The van der Waals surface area contributed by atoms with Crippen LogP contribution in [-0.4, -0.2) is 70.4 Å². The standard InChI is InChI=1S/C28H35FN4O4S/c1-5-31(6-2)26(35)24-18(4)30-28-33(25(24)19-8-10-21(29)11-9-19)22(17-38-28)16-23(34)32-14-12-20(13-15-32)27(36)37-7-3/h8-11,17,20,25H,5-7,12-16H2,1-4H3. The Morgan fingerprint density at radius 2 is 1.76 bits per heavy atom. The Hall–Kier alpha value is -3.14. The number of ether oxygens (including phenoxy) is 1. The van der Waals surface area contributed by atoms with Gasteiger partial charge in [-0.25, -0.2) is 9.38 Å². The third-order valence-corrected chi connectivity index (χ3v) is 8.16. The SMILES string of the molecule is CCOC(=O)C1CCN(C(=O)CC2=CSC3=NC(C)=C(C(=O)N(CC)CC)C(c4ccc(F)cc4)N23)CC1. The highest BCUT2D eigenvalue weighted by molar-refractivity contribution is 8.16. The molecule has 3 aliphatic rings. The minimum absolute atomic E-state index is 0.0406. The number of carbonyl (C=O) groups is 3. The average Bonchev–Trinajstić information content (AvgIpc) is 3.30. The van der Waals surface area contributed by atoms with Gasteiger partial charge >= 0.3 is 5.97 Å². The van der Waals surface area contributed by atoms with E-state index >= 15 is 0 Å². The van der Waals surface area contributed by atoms with E-state index in [1.807, 2.05) is 31.1 Å². The second-order valence-corrected chi connectivity index (χ2v) is 10.3. The van der Waals surface area contributed by atoms with Crippen molar-refractivity contribution in [1.29, 1.82) is 0 Å². The minimum Gasteiger partial charge on any atom is -0.466 e. The van der Waals surface area contributed by atoms with Gasteiger partial charge in [0.2, 0.25) is 5.91 Å². The Kier molecular flexibility index (Phi) is 8.91. The Morgan fingerprint density at radius 3 is 2.37 bits per heavy atom. The van der Waals surface area contributed by atoms with E-state index in [1.54, 1.807) is 28.9 Å². The normalized spacial score (nSPS) is 19.7. The second kappa shape index (κ2) is 12.1. The molecule has 1 unspecified atom stereocenters. The highest BCUT2D eigenvalue weighted by atomic mass is 32.2. The third kappa shape index (κ3) is 5.65. The van der Waals surface area contributed by atoms with Crippen LogP contribution >= 0.6 is 11.8 Å². The number of hydrogen-bond acceptors (Lipinski definition) is 7. The fourth-order valence-corrected chi connectivity index (χ4v) is 6.14. The molecule has 0 aliphatic carbocycles. The lowest BCUT2D eigenvalue weighted by Gasteiger charge is -2.38. The van der Waals surface area contributed by atoms with Crippen LogP contribution in [0.4, 0.5) is 4.39 Å². The summed E-state index contributed by atoms with van der Waals surface area (Å²) in [5.41, 5.74) is 2.65. The lowest BCUT2D eigenvalue weighted by Crippen LogP contribution is -2.43. The van der Waals surface area contributed by atoms with Gasteiger partial charge in [-0.05, 0) is 63.6 Å². The number of likely N-dealkylation sites (tertiary alicyclic amines) is 1. The van der Waals surface area contributed by atoms with E-state index in [0.29, 0.717) is 62.1 Å². The largest absolute Gasteiger partial charge is 0.466 e. The van der Waals surface area contributed by atoms with Crippen molar-refractivity contribution in [3.63, 3.8) is 0 Å². The summed E-state index contributed by atoms with van der Waals surface area (Å²) in [6.45, 7) is 9.93. The lowest BCUT2D eigenvalue weighted by atomic mass is 9.92. The molecular weight excluding hydrogens is 507 g/mol. The van der Waals surface area contributed by atoms with Gasteiger partial charge in [-0.1, -0.05) is 23.9 Å². The van der Waals surface area contributed by atoms with Crippen LogP contribution in [0.5, 0.6) is 0 Å². The van der Waals surface area contributed by atoms with Gasteiger partial charge in [-0.3, -0.25) is 14.4 Å². The first-order chi connectivity index (χ1) is 18.3. The van der Waals surface area contributed by atoms with Gasteiger partial charge < -0.3 is 19.4 Å². The number of piperidine rings is 1. The molecule has 1 aromatic rings. The number of likely N-dealkylation sites (N-methyl/N-ethyl adjacent to an activating group) is 1. The monoisotopic (exact) mass is 542 g/mol. The number of fused-ring (bicyclic) bond motifs is 1. The molecule has 0 bridgehead atoms. The molecule has 1 saturated heterocycles. The van der Waals surface area contributed by atoms with Crippen LogP contribution in [0, 0.1) is 11.7 Å². The molecule has 3 heterocycles. The Morgan fingerprint density at radius 1 is 1.11 bits per heavy atom. The molecule has 8 nitrogen and oxygen atoms in total. The predicted molar refractivity (Wildman–Crippen MR) is 145 cm³/mol. The molecule has 204 valence electrons. The van der Waals surface area contributed by atoms with Crippen LogP contribution in [0.3, 0.4) is 0 Å². The van der Waals surface area contributed by atoms with Gasteiger partial charge in [-0.15, -0.1) is 0 Å². The number of esters is 1. The maximum Gasteiger partial charge on any atom is 0.309 e.